The molecule has 204 valence electrons. The van der Waals surface area contributed by atoms with Crippen LogP contribution in [-0.2, 0) is 22.4 Å². The molecule has 0 saturated heterocycles. The quantitative estimate of drug-likeness (QED) is 0.216. The van der Waals surface area contributed by atoms with Crippen molar-refractivity contribution in [3.63, 3.8) is 0 Å². The van der Waals surface area contributed by atoms with Gasteiger partial charge in [-0.25, -0.2) is 4.79 Å². The summed E-state index contributed by atoms with van der Waals surface area (Å²) in [4.78, 5) is 50.3. The Morgan fingerprint density at radius 1 is 1.03 bits per heavy atom. The number of fused-ring (bicyclic) bond motifs is 1. The second-order valence-corrected chi connectivity index (χ2v) is 9.92. The molecule has 0 bridgehead atoms. The van der Waals surface area contributed by atoms with Crippen molar-refractivity contribution in [3.8, 4) is 11.5 Å². The minimum absolute atomic E-state index is 0.0139. The number of ether oxygens (including phenoxy) is 3. The summed E-state index contributed by atoms with van der Waals surface area (Å²) in [5, 5.41) is 17.0. The van der Waals surface area contributed by atoms with Gasteiger partial charge in [0, 0.05) is 28.3 Å². The number of esters is 1. The van der Waals surface area contributed by atoms with E-state index >= 15 is 0 Å². The predicted molar refractivity (Wildman–Crippen MR) is 145 cm³/mol. The number of carbonyl (C=O) groups is 3. The summed E-state index contributed by atoms with van der Waals surface area (Å²) in [6, 6.07) is 9.22. The molecule has 2 aromatic carbocycles. The number of carbonyl (C=O) groups excluding carboxylic acids is 3. The third-order valence-electron chi connectivity index (χ3n) is 6.29. The van der Waals surface area contributed by atoms with Gasteiger partial charge in [0.2, 0.25) is 0 Å². The van der Waals surface area contributed by atoms with Crippen molar-refractivity contribution in [1.82, 2.24) is 0 Å². The Hall–Kier alpha value is -4.45. The molecule has 0 unspecified atom stereocenters. The van der Waals surface area contributed by atoms with Crippen molar-refractivity contribution in [2.45, 2.75) is 32.6 Å². The third-order valence-corrected chi connectivity index (χ3v) is 7.49. The number of nitrogens with one attached hydrogen (secondary N) is 2. The van der Waals surface area contributed by atoms with Crippen molar-refractivity contribution < 1.29 is 33.5 Å². The number of thiophene rings is 1. The van der Waals surface area contributed by atoms with Crippen molar-refractivity contribution in [3.05, 3.63) is 73.6 Å². The molecule has 2 amide bonds. The van der Waals surface area contributed by atoms with Crippen LogP contribution < -0.4 is 20.1 Å². The highest BCUT2D eigenvalue weighted by Gasteiger charge is 2.28. The first-order valence-electron chi connectivity index (χ1n) is 12.1. The minimum Gasteiger partial charge on any atom is -0.497 e. The van der Waals surface area contributed by atoms with E-state index in [1.807, 2.05) is 0 Å². The first-order chi connectivity index (χ1) is 18.7. The molecule has 1 aliphatic rings. The molecular formula is C27H27N3O8S. The summed E-state index contributed by atoms with van der Waals surface area (Å²) >= 11 is 1.34. The summed E-state index contributed by atoms with van der Waals surface area (Å²) < 4.78 is 15.5. The molecule has 0 radical (unpaired) electrons. The zero-order chi connectivity index (χ0) is 28.1. The van der Waals surface area contributed by atoms with E-state index in [1.54, 1.807) is 31.2 Å². The molecule has 1 aromatic heterocycles. The van der Waals surface area contributed by atoms with Gasteiger partial charge in [0.05, 0.1) is 24.7 Å². The molecular weight excluding hydrogens is 526 g/mol. The lowest BCUT2D eigenvalue weighted by Crippen LogP contribution is -2.22. The van der Waals surface area contributed by atoms with E-state index in [1.165, 1.54) is 37.7 Å². The van der Waals surface area contributed by atoms with Crippen LogP contribution in [0.5, 0.6) is 11.5 Å². The topological polar surface area (TPSA) is 146 Å². The molecule has 2 N–H and O–H groups in total. The first-order valence-corrected chi connectivity index (χ1v) is 12.9. The predicted octanol–water partition coefficient (Wildman–Crippen LogP) is 4.91. The fourth-order valence-corrected chi connectivity index (χ4v) is 5.56. The average molecular weight is 554 g/mol. The third kappa shape index (κ3) is 6.17. The van der Waals surface area contributed by atoms with E-state index in [9.17, 15) is 24.5 Å². The van der Waals surface area contributed by atoms with Crippen LogP contribution in [-0.4, -0.2) is 43.5 Å². The van der Waals surface area contributed by atoms with Crippen LogP contribution in [0.15, 0.2) is 36.4 Å². The number of benzene rings is 2. The van der Waals surface area contributed by atoms with Gasteiger partial charge in [-0.3, -0.25) is 19.7 Å². The van der Waals surface area contributed by atoms with Crippen LogP contribution in [0.25, 0.3) is 0 Å². The van der Waals surface area contributed by atoms with Crippen LogP contribution in [0.4, 0.5) is 16.4 Å². The van der Waals surface area contributed by atoms with Crippen molar-refractivity contribution in [2.24, 2.45) is 0 Å². The molecule has 0 spiro atoms. The molecule has 0 fully saturated rings. The van der Waals surface area contributed by atoms with Gasteiger partial charge in [0.25, 0.3) is 11.8 Å². The van der Waals surface area contributed by atoms with E-state index in [0.717, 1.165) is 29.7 Å². The van der Waals surface area contributed by atoms with Crippen LogP contribution >= 0.6 is 11.3 Å². The lowest BCUT2D eigenvalue weighted by atomic mass is 9.95. The summed E-state index contributed by atoms with van der Waals surface area (Å²) in [5.41, 5.74) is 1.99. The van der Waals surface area contributed by atoms with E-state index in [2.05, 4.69) is 10.6 Å². The highest BCUT2D eigenvalue weighted by molar-refractivity contribution is 7.17. The SMILES string of the molecule is COc1ccc(C(=O)Nc2sc3c(c2C(=O)OCC(=O)Nc2cc(OC)c([N+](=O)[O-])cc2C)CCCC3)cc1. The number of hydrogen-bond acceptors (Lipinski definition) is 9. The Balaban J connectivity index is 1.48. The van der Waals surface area contributed by atoms with Gasteiger partial charge >= 0.3 is 11.7 Å². The minimum atomic E-state index is -0.715. The lowest BCUT2D eigenvalue weighted by molar-refractivity contribution is -0.385. The van der Waals surface area contributed by atoms with E-state index in [0.29, 0.717) is 34.0 Å². The molecule has 0 saturated carbocycles. The Bertz CT molecular complexity index is 1430. The second-order valence-electron chi connectivity index (χ2n) is 8.82. The van der Waals surface area contributed by atoms with Crippen molar-refractivity contribution in [2.75, 3.05) is 31.5 Å². The summed E-state index contributed by atoms with van der Waals surface area (Å²) in [7, 11) is 2.82. The van der Waals surface area contributed by atoms with Gasteiger partial charge in [-0.15, -0.1) is 11.3 Å². The Labute approximate surface area is 228 Å². The highest BCUT2D eigenvalue weighted by atomic mass is 32.1. The average Bonchev–Trinajstić information content (AvgIpc) is 3.30. The van der Waals surface area contributed by atoms with Crippen molar-refractivity contribution in [1.29, 1.82) is 0 Å². The van der Waals surface area contributed by atoms with Gasteiger partial charge in [-0.05, 0) is 68.0 Å². The molecule has 12 heteroatoms. The molecule has 3 aromatic rings. The lowest BCUT2D eigenvalue weighted by Gasteiger charge is -2.13. The highest BCUT2D eigenvalue weighted by Crippen LogP contribution is 2.39. The van der Waals surface area contributed by atoms with Crippen LogP contribution in [0.3, 0.4) is 0 Å². The second kappa shape index (κ2) is 11.9. The zero-order valence-corrected chi connectivity index (χ0v) is 22.4. The smallest absolute Gasteiger partial charge is 0.341 e. The maximum atomic E-state index is 13.2. The summed E-state index contributed by atoms with van der Waals surface area (Å²) in [6.07, 6.45) is 3.34. The number of nitro groups is 1. The Morgan fingerprint density at radius 2 is 1.74 bits per heavy atom. The van der Waals surface area contributed by atoms with Gasteiger partial charge in [0.15, 0.2) is 12.4 Å². The van der Waals surface area contributed by atoms with Gasteiger partial charge in [0.1, 0.15) is 10.8 Å². The molecule has 0 atom stereocenters. The molecule has 4 rings (SSSR count). The number of rotatable bonds is 9. The van der Waals surface area contributed by atoms with E-state index in [-0.39, 0.29) is 22.9 Å². The normalized spacial score (nSPS) is 12.2. The number of hydrogen-bond donors (Lipinski definition) is 2. The van der Waals surface area contributed by atoms with Gasteiger partial charge in [-0.2, -0.15) is 0 Å². The molecule has 0 aliphatic heterocycles. The summed E-state index contributed by atoms with van der Waals surface area (Å²) in [5.74, 6) is -1.13. The van der Waals surface area contributed by atoms with Crippen LogP contribution in [0.1, 0.15) is 49.6 Å². The maximum absolute atomic E-state index is 13.2. The maximum Gasteiger partial charge on any atom is 0.341 e. The standard InChI is InChI=1S/C27H27N3O8S/c1-15-12-20(30(34)35)21(37-3)13-19(15)28-23(31)14-38-27(33)24-18-6-4-5-7-22(18)39-26(24)29-25(32)16-8-10-17(36-2)11-9-16/h8-13H,4-7,14H2,1-3H3,(H,28,31)(H,29,32). The monoisotopic (exact) mass is 553 g/mol. The van der Waals surface area contributed by atoms with E-state index in [4.69, 9.17) is 14.2 Å². The number of nitrogens with zero attached hydrogens (tertiary/aromatic N) is 1. The largest absolute Gasteiger partial charge is 0.497 e. The number of aryl methyl sites for hydroxylation is 2. The van der Waals surface area contributed by atoms with Gasteiger partial charge in [-0.1, -0.05) is 0 Å². The first kappa shape index (κ1) is 27.6. The number of methoxy groups -OCH3 is 2. The number of amides is 2. The number of nitro benzene ring substituents is 1. The van der Waals surface area contributed by atoms with Crippen LogP contribution in [0.2, 0.25) is 0 Å². The zero-order valence-electron chi connectivity index (χ0n) is 21.6. The molecule has 1 heterocycles. The molecule has 1 aliphatic carbocycles. The Morgan fingerprint density at radius 3 is 2.41 bits per heavy atom. The Kier molecular flexibility index (Phi) is 8.45. The number of anilines is 2. The fourth-order valence-electron chi connectivity index (χ4n) is 4.29. The summed E-state index contributed by atoms with van der Waals surface area (Å²) in [6.45, 7) is 1.01. The molecule has 11 nitrogen and oxygen atoms in total. The van der Waals surface area contributed by atoms with E-state index < -0.39 is 23.4 Å². The molecule has 39 heavy (non-hydrogen) atoms. The van der Waals surface area contributed by atoms with Crippen molar-refractivity contribution >= 4 is 45.5 Å². The fraction of sp³-hybridized carbons (Fsp3) is 0.296. The van der Waals surface area contributed by atoms with Gasteiger partial charge < -0.3 is 24.8 Å². The van der Waals surface area contributed by atoms with Crippen LogP contribution in [0, 0.1) is 17.0 Å².